The number of para-hydroxylation sites is 1. The summed E-state index contributed by atoms with van der Waals surface area (Å²) in [6.45, 7) is 2.72. The highest BCUT2D eigenvalue weighted by Gasteiger charge is 2.13. The van der Waals surface area contributed by atoms with Crippen LogP contribution in [0.5, 0.6) is 0 Å². The maximum absolute atomic E-state index is 13.6. The Labute approximate surface area is 121 Å². The molecule has 0 fully saturated rings. The van der Waals surface area contributed by atoms with E-state index in [1.807, 2.05) is 6.92 Å². The Hall–Kier alpha value is -2.14. The van der Waals surface area contributed by atoms with Gasteiger partial charge in [0, 0.05) is 6.54 Å². The van der Waals surface area contributed by atoms with Crippen molar-refractivity contribution in [3.8, 4) is 0 Å². The van der Waals surface area contributed by atoms with Crippen molar-refractivity contribution in [2.75, 3.05) is 17.2 Å². The molecule has 1 heterocycles. The molecule has 4 nitrogen and oxygen atoms in total. The van der Waals surface area contributed by atoms with Crippen molar-refractivity contribution >= 4 is 28.9 Å². The van der Waals surface area contributed by atoms with Crippen molar-refractivity contribution < 1.29 is 9.18 Å². The summed E-state index contributed by atoms with van der Waals surface area (Å²) in [4.78, 5) is 16.0. The molecule has 1 aromatic carbocycles. The van der Waals surface area contributed by atoms with Crippen LogP contribution in [0, 0.1) is 5.82 Å². The maximum Gasteiger partial charge on any atom is 0.274 e. The van der Waals surface area contributed by atoms with Crippen LogP contribution in [0.3, 0.4) is 0 Å². The van der Waals surface area contributed by atoms with Gasteiger partial charge in [0.05, 0.1) is 22.6 Å². The van der Waals surface area contributed by atoms with E-state index in [-0.39, 0.29) is 16.4 Å². The van der Waals surface area contributed by atoms with Gasteiger partial charge in [-0.2, -0.15) is 0 Å². The molecule has 0 unspecified atom stereocenters. The summed E-state index contributed by atoms with van der Waals surface area (Å²) in [7, 11) is 0. The molecule has 0 spiro atoms. The van der Waals surface area contributed by atoms with Crippen LogP contribution in [0.2, 0.25) is 5.02 Å². The number of nitrogens with zero attached hydrogens (tertiary/aromatic N) is 1. The summed E-state index contributed by atoms with van der Waals surface area (Å²) < 4.78 is 13.6. The first-order valence-electron chi connectivity index (χ1n) is 6.07. The second kappa shape index (κ2) is 6.34. The van der Waals surface area contributed by atoms with Crippen LogP contribution in [0.25, 0.3) is 0 Å². The molecule has 0 aliphatic heterocycles. The normalized spacial score (nSPS) is 10.2. The van der Waals surface area contributed by atoms with Crippen LogP contribution in [0.4, 0.5) is 15.8 Å². The van der Waals surface area contributed by atoms with Crippen LogP contribution in [0.15, 0.2) is 36.5 Å². The average Bonchev–Trinajstić information content (AvgIpc) is 2.44. The van der Waals surface area contributed by atoms with E-state index in [1.54, 1.807) is 18.3 Å². The molecule has 1 amide bonds. The second-order valence-electron chi connectivity index (χ2n) is 4.01. The molecule has 0 aliphatic carbocycles. The van der Waals surface area contributed by atoms with Gasteiger partial charge in [0.25, 0.3) is 5.91 Å². The molecule has 20 heavy (non-hydrogen) atoms. The van der Waals surface area contributed by atoms with Gasteiger partial charge in [0.1, 0.15) is 11.5 Å². The van der Waals surface area contributed by atoms with E-state index in [1.165, 1.54) is 18.2 Å². The zero-order valence-electron chi connectivity index (χ0n) is 10.8. The third kappa shape index (κ3) is 3.24. The zero-order valence-corrected chi connectivity index (χ0v) is 11.5. The lowest BCUT2D eigenvalue weighted by Gasteiger charge is -2.08. The molecule has 1 aromatic heterocycles. The zero-order chi connectivity index (χ0) is 14.5. The lowest BCUT2D eigenvalue weighted by atomic mass is 10.2. The molecule has 0 saturated carbocycles. The lowest BCUT2D eigenvalue weighted by molar-refractivity contribution is 0.102. The predicted octanol–water partition coefficient (Wildman–Crippen LogP) is 3.56. The van der Waals surface area contributed by atoms with E-state index in [2.05, 4.69) is 15.6 Å². The van der Waals surface area contributed by atoms with E-state index >= 15 is 0 Å². The maximum atomic E-state index is 13.6. The Morgan fingerprint density at radius 1 is 1.35 bits per heavy atom. The standard InChI is InChI=1S/C14H13ClFN3O/c1-2-17-9-6-7-12(18-8-9)14(20)19-13-10(15)4-3-5-11(13)16/h3-8,17H,2H2,1H3,(H,19,20). The minimum absolute atomic E-state index is 0.0447. The molecule has 0 atom stereocenters. The van der Waals surface area contributed by atoms with Gasteiger partial charge >= 0.3 is 0 Å². The SMILES string of the molecule is CCNc1ccc(C(=O)Nc2c(F)cccc2Cl)nc1. The Balaban J connectivity index is 2.16. The first kappa shape index (κ1) is 14.3. The fourth-order valence-corrected chi connectivity index (χ4v) is 1.84. The number of carbonyl (C=O) groups is 1. The van der Waals surface area contributed by atoms with Crippen molar-refractivity contribution in [1.82, 2.24) is 4.98 Å². The molecule has 2 aromatic rings. The number of anilines is 2. The minimum atomic E-state index is -0.588. The molecule has 0 saturated heterocycles. The topological polar surface area (TPSA) is 54.0 Å². The van der Waals surface area contributed by atoms with E-state index < -0.39 is 11.7 Å². The first-order valence-corrected chi connectivity index (χ1v) is 6.45. The second-order valence-corrected chi connectivity index (χ2v) is 4.42. The number of hydrogen-bond donors (Lipinski definition) is 2. The number of amides is 1. The highest BCUT2D eigenvalue weighted by atomic mass is 35.5. The minimum Gasteiger partial charge on any atom is -0.384 e. The number of hydrogen-bond acceptors (Lipinski definition) is 3. The van der Waals surface area contributed by atoms with Crippen LogP contribution in [-0.4, -0.2) is 17.4 Å². The van der Waals surface area contributed by atoms with Gasteiger partial charge in [0.2, 0.25) is 0 Å². The van der Waals surface area contributed by atoms with E-state index in [9.17, 15) is 9.18 Å². The fraction of sp³-hybridized carbons (Fsp3) is 0.143. The van der Waals surface area contributed by atoms with Crippen LogP contribution >= 0.6 is 11.6 Å². The van der Waals surface area contributed by atoms with Crippen molar-refractivity contribution in [3.63, 3.8) is 0 Å². The van der Waals surface area contributed by atoms with Crippen molar-refractivity contribution in [1.29, 1.82) is 0 Å². The number of benzene rings is 1. The summed E-state index contributed by atoms with van der Waals surface area (Å²) in [5.74, 6) is -1.10. The highest BCUT2D eigenvalue weighted by molar-refractivity contribution is 6.33. The largest absolute Gasteiger partial charge is 0.384 e. The van der Waals surface area contributed by atoms with Crippen molar-refractivity contribution in [2.45, 2.75) is 6.92 Å². The molecular formula is C14H13ClFN3O. The van der Waals surface area contributed by atoms with E-state index in [0.29, 0.717) is 0 Å². The van der Waals surface area contributed by atoms with Gasteiger partial charge in [-0.05, 0) is 31.2 Å². The Morgan fingerprint density at radius 2 is 2.15 bits per heavy atom. The summed E-state index contributed by atoms with van der Waals surface area (Å²) in [5, 5.41) is 5.63. The Bertz CT molecular complexity index is 596. The molecular weight excluding hydrogens is 281 g/mol. The number of carbonyl (C=O) groups excluding carboxylic acids is 1. The molecule has 0 aliphatic rings. The quantitative estimate of drug-likeness (QED) is 0.906. The molecule has 6 heteroatoms. The van der Waals surface area contributed by atoms with Gasteiger partial charge in [-0.1, -0.05) is 17.7 Å². The third-order valence-corrected chi connectivity index (χ3v) is 2.89. The summed E-state index contributed by atoms with van der Waals surface area (Å²) >= 11 is 5.84. The van der Waals surface area contributed by atoms with E-state index in [4.69, 9.17) is 11.6 Å². The summed E-state index contributed by atoms with van der Waals surface area (Å²) in [6, 6.07) is 7.48. The van der Waals surface area contributed by atoms with Crippen LogP contribution < -0.4 is 10.6 Å². The molecule has 0 bridgehead atoms. The lowest BCUT2D eigenvalue weighted by Crippen LogP contribution is -2.15. The molecule has 2 N–H and O–H groups in total. The van der Waals surface area contributed by atoms with Crippen molar-refractivity contribution in [3.05, 3.63) is 53.1 Å². The molecule has 0 radical (unpaired) electrons. The van der Waals surface area contributed by atoms with Gasteiger partial charge in [-0.3, -0.25) is 4.79 Å². The number of nitrogens with one attached hydrogen (secondary N) is 2. The van der Waals surface area contributed by atoms with Gasteiger partial charge in [-0.25, -0.2) is 9.37 Å². The third-order valence-electron chi connectivity index (χ3n) is 2.58. The Kier molecular flexibility index (Phi) is 4.53. The summed E-state index contributed by atoms with van der Waals surface area (Å²) in [5.41, 5.74) is 0.954. The van der Waals surface area contributed by atoms with Gasteiger partial charge < -0.3 is 10.6 Å². The Morgan fingerprint density at radius 3 is 2.75 bits per heavy atom. The molecule has 104 valence electrons. The first-order chi connectivity index (χ1) is 9.61. The average molecular weight is 294 g/mol. The van der Waals surface area contributed by atoms with Crippen molar-refractivity contribution in [2.24, 2.45) is 0 Å². The van der Waals surface area contributed by atoms with Crippen LogP contribution in [0.1, 0.15) is 17.4 Å². The van der Waals surface area contributed by atoms with Crippen LogP contribution in [-0.2, 0) is 0 Å². The number of rotatable bonds is 4. The molecule has 2 rings (SSSR count). The number of aromatic nitrogens is 1. The predicted molar refractivity (Wildman–Crippen MR) is 77.8 cm³/mol. The number of halogens is 2. The monoisotopic (exact) mass is 293 g/mol. The fourth-order valence-electron chi connectivity index (χ4n) is 1.63. The van der Waals surface area contributed by atoms with E-state index in [0.717, 1.165) is 12.2 Å². The summed E-state index contributed by atoms with van der Waals surface area (Å²) in [6.07, 6.45) is 1.54. The van der Waals surface area contributed by atoms with Gasteiger partial charge in [0.15, 0.2) is 0 Å². The van der Waals surface area contributed by atoms with Gasteiger partial charge in [-0.15, -0.1) is 0 Å². The number of pyridine rings is 1. The highest BCUT2D eigenvalue weighted by Crippen LogP contribution is 2.25. The smallest absolute Gasteiger partial charge is 0.274 e.